The number of thioether (sulfide) groups is 1. The summed E-state index contributed by atoms with van der Waals surface area (Å²) in [5.74, 6) is -1.47. The summed E-state index contributed by atoms with van der Waals surface area (Å²) in [6.45, 7) is 17.5. The predicted molar refractivity (Wildman–Crippen MR) is 165 cm³/mol. The van der Waals surface area contributed by atoms with Gasteiger partial charge in [-0.05, 0) is 37.7 Å². The molecule has 0 aliphatic carbocycles. The highest BCUT2D eigenvalue weighted by Crippen LogP contribution is 2.72. The number of nitrogens with zero attached hydrogens (tertiary/aromatic N) is 3. The van der Waals surface area contributed by atoms with Gasteiger partial charge in [0.25, 0.3) is 0 Å². The molecule has 7 nitrogen and oxygen atoms in total. The lowest BCUT2D eigenvalue weighted by Crippen LogP contribution is -2.58. The van der Waals surface area contributed by atoms with E-state index in [0.717, 1.165) is 24.8 Å². The molecule has 1 N–H and O–H groups in total. The summed E-state index contributed by atoms with van der Waals surface area (Å²) in [6.07, 6.45) is 6.47. The maximum Gasteiger partial charge on any atom is 0.247 e. The first-order chi connectivity index (χ1) is 19.6. The van der Waals surface area contributed by atoms with E-state index in [-0.39, 0.29) is 30.2 Å². The molecular weight excluding hydrogens is 534 g/mol. The summed E-state index contributed by atoms with van der Waals surface area (Å²) in [5.41, 5.74) is 0.997. The van der Waals surface area contributed by atoms with E-state index in [1.807, 2.05) is 56.0 Å². The average Bonchev–Trinajstić information content (AvgIpc) is 3.53. The predicted octanol–water partition coefficient (Wildman–Crippen LogP) is 4.51. The summed E-state index contributed by atoms with van der Waals surface area (Å²) in [5, 5.41) is 10.6. The zero-order valence-corrected chi connectivity index (χ0v) is 25.9. The highest BCUT2D eigenvalue weighted by Gasteiger charge is 2.78. The molecule has 3 heterocycles. The first-order valence-corrected chi connectivity index (χ1v) is 15.9. The number of hydrogen-bond acceptors (Lipinski definition) is 5. The van der Waals surface area contributed by atoms with Crippen LogP contribution in [0.1, 0.15) is 58.9 Å². The maximum absolute atomic E-state index is 14.8. The lowest BCUT2D eigenvalue weighted by molar-refractivity contribution is -0.148. The van der Waals surface area contributed by atoms with Gasteiger partial charge in [-0.3, -0.25) is 14.4 Å². The van der Waals surface area contributed by atoms with Crippen molar-refractivity contribution in [1.29, 1.82) is 0 Å². The summed E-state index contributed by atoms with van der Waals surface area (Å²) in [6, 6.07) is 8.56. The molecule has 7 atom stereocenters. The largest absolute Gasteiger partial charge is 0.394 e. The number of likely N-dealkylation sites (tertiary alicyclic amines) is 1. The molecule has 2 bridgehead atoms. The van der Waals surface area contributed by atoms with Crippen molar-refractivity contribution in [2.45, 2.75) is 81.5 Å². The fraction of sp³-hybridized carbons (Fsp3) is 0.606. The van der Waals surface area contributed by atoms with E-state index in [9.17, 15) is 19.5 Å². The highest BCUT2D eigenvalue weighted by molar-refractivity contribution is 8.02. The van der Waals surface area contributed by atoms with Crippen molar-refractivity contribution < 1.29 is 19.5 Å². The SMILES string of the molecule is C=CCN(Cc1ccccc1)C(=O)C1N([C@@H](CO)[C@@H](C)CC)C(=O)[C@@H]2[C@H](C(=O)N(CC=C)CCC)[C@]3(C)CCC12S3. The minimum atomic E-state index is -0.765. The topological polar surface area (TPSA) is 81.2 Å². The third-order valence-corrected chi connectivity index (χ3v) is 11.6. The smallest absolute Gasteiger partial charge is 0.247 e. The van der Waals surface area contributed by atoms with Crippen molar-refractivity contribution in [3.05, 3.63) is 61.2 Å². The van der Waals surface area contributed by atoms with Crippen LogP contribution in [0.15, 0.2) is 55.6 Å². The lowest BCUT2D eigenvalue weighted by Gasteiger charge is -2.41. The number of fused-ring (bicyclic) bond motifs is 1. The van der Waals surface area contributed by atoms with Gasteiger partial charge in [-0.2, -0.15) is 0 Å². The summed E-state index contributed by atoms with van der Waals surface area (Å²) in [4.78, 5) is 49.0. The molecule has 3 aliphatic heterocycles. The van der Waals surface area contributed by atoms with Gasteiger partial charge in [0, 0.05) is 30.9 Å². The normalized spacial score (nSPS) is 29.6. The Morgan fingerprint density at radius 2 is 1.78 bits per heavy atom. The third kappa shape index (κ3) is 5.38. The fourth-order valence-corrected chi connectivity index (χ4v) is 9.80. The standard InChI is InChI=1S/C33H47N3O4S/c1-7-18-34(19-8-2)29(38)26-27-30(39)36(25(22-37)23(5)10-4)28(33(27)17-16-32(26,6)41-33)31(40)35(20-9-3)21-24-14-12-11-13-15-24/h7,9,11-15,23,25-28,37H,1,3,8,10,16-22H2,2,4-6H3/t23-,25-,26+,27-,28?,32-,33?/m0/s1. The minimum Gasteiger partial charge on any atom is -0.394 e. The molecule has 3 saturated heterocycles. The van der Waals surface area contributed by atoms with Crippen LogP contribution < -0.4 is 0 Å². The van der Waals surface area contributed by atoms with E-state index >= 15 is 0 Å². The summed E-state index contributed by atoms with van der Waals surface area (Å²) in [7, 11) is 0. The van der Waals surface area contributed by atoms with Crippen molar-refractivity contribution >= 4 is 29.5 Å². The monoisotopic (exact) mass is 581 g/mol. The van der Waals surface area contributed by atoms with Crippen LogP contribution >= 0.6 is 11.8 Å². The van der Waals surface area contributed by atoms with Crippen LogP contribution in [-0.4, -0.2) is 85.3 Å². The Bertz CT molecular complexity index is 1140. The van der Waals surface area contributed by atoms with Crippen molar-refractivity contribution in [2.75, 3.05) is 26.2 Å². The molecule has 8 heteroatoms. The maximum atomic E-state index is 14.8. The van der Waals surface area contributed by atoms with Gasteiger partial charge in [0.05, 0.1) is 29.2 Å². The van der Waals surface area contributed by atoms with Gasteiger partial charge in [0.15, 0.2) is 0 Å². The number of aliphatic hydroxyl groups is 1. The van der Waals surface area contributed by atoms with Crippen molar-refractivity contribution in [2.24, 2.45) is 17.8 Å². The van der Waals surface area contributed by atoms with Crippen LogP contribution in [0.4, 0.5) is 0 Å². The molecule has 3 fully saturated rings. The van der Waals surface area contributed by atoms with Crippen LogP contribution in [0, 0.1) is 17.8 Å². The molecule has 0 saturated carbocycles. The molecule has 0 radical (unpaired) electrons. The highest BCUT2D eigenvalue weighted by atomic mass is 32.2. The average molecular weight is 582 g/mol. The molecule has 0 aromatic heterocycles. The molecule has 4 rings (SSSR count). The van der Waals surface area contributed by atoms with E-state index in [1.165, 1.54) is 0 Å². The molecule has 41 heavy (non-hydrogen) atoms. The molecule has 2 unspecified atom stereocenters. The second-order valence-corrected chi connectivity index (χ2v) is 14.1. The van der Waals surface area contributed by atoms with Crippen molar-refractivity contribution in [3.63, 3.8) is 0 Å². The van der Waals surface area contributed by atoms with Crippen LogP contribution in [0.5, 0.6) is 0 Å². The Morgan fingerprint density at radius 3 is 2.37 bits per heavy atom. The first-order valence-electron chi connectivity index (χ1n) is 15.1. The van der Waals surface area contributed by atoms with E-state index < -0.39 is 33.4 Å². The first kappa shape index (κ1) is 31.4. The van der Waals surface area contributed by atoms with E-state index in [0.29, 0.717) is 32.6 Å². The molecule has 224 valence electrons. The van der Waals surface area contributed by atoms with E-state index in [2.05, 4.69) is 20.1 Å². The number of aliphatic hydroxyl groups excluding tert-OH is 1. The Morgan fingerprint density at radius 1 is 1.12 bits per heavy atom. The Kier molecular flexibility index (Phi) is 9.74. The fourth-order valence-electron chi connectivity index (χ4n) is 7.47. The molecule has 3 amide bonds. The quantitative estimate of drug-likeness (QED) is 0.327. The summed E-state index contributed by atoms with van der Waals surface area (Å²) < 4.78 is -1.17. The van der Waals surface area contributed by atoms with Crippen LogP contribution in [0.25, 0.3) is 0 Å². The summed E-state index contributed by atoms with van der Waals surface area (Å²) >= 11 is 1.68. The Hall–Kier alpha value is -2.58. The number of carbonyl (C=O) groups is 3. The number of amides is 3. The second-order valence-electron chi connectivity index (χ2n) is 12.2. The van der Waals surface area contributed by atoms with Gasteiger partial charge < -0.3 is 19.8 Å². The number of benzene rings is 1. The van der Waals surface area contributed by atoms with Crippen LogP contribution in [-0.2, 0) is 20.9 Å². The molecule has 1 aromatic carbocycles. The number of hydrogen-bond donors (Lipinski definition) is 1. The lowest BCUT2D eigenvalue weighted by atomic mass is 9.66. The van der Waals surface area contributed by atoms with E-state index in [1.54, 1.807) is 33.7 Å². The third-order valence-electron chi connectivity index (χ3n) is 9.59. The van der Waals surface area contributed by atoms with Gasteiger partial charge >= 0.3 is 0 Å². The molecule has 3 aliphatic rings. The van der Waals surface area contributed by atoms with Crippen molar-refractivity contribution in [3.8, 4) is 0 Å². The van der Waals surface area contributed by atoms with Crippen molar-refractivity contribution in [1.82, 2.24) is 14.7 Å². The van der Waals surface area contributed by atoms with E-state index in [4.69, 9.17) is 0 Å². The van der Waals surface area contributed by atoms with Crippen LogP contribution in [0.2, 0.25) is 0 Å². The Labute approximate surface area is 250 Å². The van der Waals surface area contributed by atoms with Crippen LogP contribution in [0.3, 0.4) is 0 Å². The Balaban J connectivity index is 1.82. The number of rotatable bonds is 14. The van der Waals surface area contributed by atoms with Gasteiger partial charge in [-0.15, -0.1) is 24.9 Å². The molecule has 1 aromatic rings. The van der Waals surface area contributed by atoms with Gasteiger partial charge in [-0.25, -0.2) is 0 Å². The van der Waals surface area contributed by atoms with Gasteiger partial charge in [-0.1, -0.05) is 69.7 Å². The molecular formula is C33H47N3O4S. The minimum absolute atomic E-state index is 0.0132. The molecule has 1 spiro atoms. The number of carbonyl (C=O) groups excluding carboxylic acids is 3. The zero-order chi connectivity index (χ0) is 29.9. The van der Waals surface area contributed by atoms with Gasteiger partial charge in [0.2, 0.25) is 17.7 Å². The van der Waals surface area contributed by atoms with Gasteiger partial charge in [0.1, 0.15) is 6.04 Å². The zero-order valence-electron chi connectivity index (χ0n) is 25.1. The second kappa shape index (κ2) is 12.7.